The quantitative estimate of drug-likeness (QED) is 0.452. The SMILES string of the molecule is O=C(Nc1nc(-c2ccc3ccccc3c2)cs1)c1ccc[n+]([O-])c1. The lowest BCUT2D eigenvalue weighted by Gasteiger charge is -2.02. The van der Waals surface area contributed by atoms with Crippen LogP contribution < -0.4 is 10.0 Å². The van der Waals surface area contributed by atoms with Gasteiger partial charge in [0.05, 0.1) is 5.69 Å². The topological polar surface area (TPSA) is 68.9 Å². The van der Waals surface area contributed by atoms with Gasteiger partial charge < -0.3 is 5.21 Å². The van der Waals surface area contributed by atoms with E-state index in [9.17, 15) is 10.0 Å². The van der Waals surface area contributed by atoms with E-state index < -0.39 is 0 Å². The summed E-state index contributed by atoms with van der Waals surface area (Å²) in [4.78, 5) is 16.7. The van der Waals surface area contributed by atoms with E-state index in [0.29, 0.717) is 15.4 Å². The van der Waals surface area contributed by atoms with Crippen molar-refractivity contribution in [2.24, 2.45) is 0 Å². The summed E-state index contributed by atoms with van der Waals surface area (Å²) in [7, 11) is 0. The van der Waals surface area contributed by atoms with Gasteiger partial charge in [-0.15, -0.1) is 11.3 Å². The smallest absolute Gasteiger partial charge is 0.263 e. The van der Waals surface area contributed by atoms with E-state index in [-0.39, 0.29) is 5.91 Å². The van der Waals surface area contributed by atoms with Gasteiger partial charge in [-0.2, -0.15) is 4.73 Å². The first-order chi connectivity index (χ1) is 12.2. The van der Waals surface area contributed by atoms with E-state index >= 15 is 0 Å². The summed E-state index contributed by atoms with van der Waals surface area (Å²) in [6, 6.07) is 17.4. The highest BCUT2D eigenvalue weighted by atomic mass is 32.1. The molecule has 25 heavy (non-hydrogen) atoms. The van der Waals surface area contributed by atoms with Crippen molar-refractivity contribution in [1.82, 2.24) is 4.98 Å². The highest BCUT2D eigenvalue weighted by Crippen LogP contribution is 2.27. The van der Waals surface area contributed by atoms with E-state index in [0.717, 1.165) is 16.6 Å². The maximum atomic E-state index is 12.2. The molecule has 2 aromatic heterocycles. The van der Waals surface area contributed by atoms with Crippen LogP contribution in [0.25, 0.3) is 22.0 Å². The zero-order valence-electron chi connectivity index (χ0n) is 13.0. The molecule has 4 rings (SSSR count). The van der Waals surface area contributed by atoms with Gasteiger partial charge in [-0.3, -0.25) is 10.1 Å². The van der Waals surface area contributed by atoms with Crippen LogP contribution >= 0.6 is 11.3 Å². The minimum Gasteiger partial charge on any atom is -0.619 e. The van der Waals surface area contributed by atoms with Crippen molar-refractivity contribution in [3.05, 3.63) is 83.1 Å². The Morgan fingerprint density at radius 3 is 2.76 bits per heavy atom. The minimum atomic E-state index is -0.357. The fourth-order valence-electron chi connectivity index (χ4n) is 2.57. The van der Waals surface area contributed by atoms with Gasteiger partial charge in [-0.05, 0) is 22.9 Å². The Balaban J connectivity index is 1.58. The fourth-order valence-corrected chi connectivity index (χ4v) is 3.29. The Hall–Kier alpha value is -3.25. The molecule has 0 unspecified atom stereocenters. The molecule has 0 fully saturated rings. The molecule has 0 radical (unpaired) electrons. The monoisotopic (exact) mass is 347 g/mol. The molecule has 1 amide bonds. The average Bonchev–Trinajstić information content (AvgIpc) is 3.10. The molecule has 122 valence electrons. The van der Waals surface area contributed by atoms with Gasteiger partial charge in [0.25, 0.3) is 5.91 Å². The molecule has 5 nitrogen and oxygen atoms in total. The summed E-state index contributed by atoms with van der Waals surface area (Å²) < 4.78 is 0.595. The number of aromatic nitrogens is 2. The molecular formula is C19H13N3O2S. The highest BCUT2D eigenvalue weighted by Gasteiger charge is 2.12. The molecular weight excluding hydrogens is 334 g/mol. The first kappa shape index (κ1) is 15.3. The molecule has 6 heteroatoms. The number of pyridine rings is 1. The number of benzene rings is 2. The second-order valence-electron chi connectivity index (χ2n) is 5.51. The molecule has 0 atom stereocenters. The number of fused-ring (bicyclic) bond motifs is 1. The number of carbonyl (C=O) groups excluding carboxylic acids is 1. The fraction of sp³-hybridized carbons (Fsp3) is 0. The van der Waals surface area contributed by atoms with Gasteiger partial charge in [0, 0.05) is 17.0 Å². The maximum Gasteiger partial charge on any atom is 0.263 e. The summed E-state index contributed by atoms with van der Waals surface area (Å²) in [6.45, 7) is 0. The van der Waals surface area contributed by atoms with Crippen LogP contribution in [-0.2, 0) is 0 Å². The lowest BCUT2D eigenvalue weighted by molar-refractivity contribution is -0.605. The van der Waals surface area contributed by atoms with Crippen molar-refractivity contribution >= 4 is 33.1 Å². The van der Waals surface area contributed by atoms with Gasteiger partial charge in [0.15, 0.2) is 17.5 Å². The van der Waals surface area contributed by atoms with Crippen molar-refractivity contribution in [1.29, 1.82) is 0 Å². The van der Waals surface area contributed by atoms with Crippen molar-refractivity contribution < 1.29 is 9.52 Å². The Labute approximate surface area is 147 Å². The Morgan fingerprint density at radius 2 is 1.92 bits per heavy atom. The third-order valence-electron chi connectivity index (χ3n) is 3.81. The van der Waals surface area contributed by atoms with Crippen LogP contribution in [0.5, 0.6) is 0 Å². The van der Waals surface area contributed by atoms with Crippen molar-refractivity contribution in [2.45, 2.75) is 0 Å². The van der Waals surface area contributed by atoms with Crippen LogP contribution in [0.15, 0.2) is 72.4 Å². The van der Waals surface area contributed by atoms with E-state index in [2.05, 4.69) is 34.6 Å². The molecule has 2 aromatic carbocycles. The van der Waals surface area contributed by atoms with E-state index in [4.69, 9.17) is 0 Å². The number of carbonyl (C=O) groups is 1. The lowest BCUT2D eigenvalue weighted by atomic mass is 10.1. The molecule has 0 aliphatic rings. The largest absolute Gasteiger partial charge is 0.619 e. The van der Waals surface area contributed by atoms with Crippen LogP contribution in [0.3, 0.4) is 0 Å². The third-order valence-corrected chi connectivity index (χ3v) is 4.56. The van der Waals surface area contributed by atoms with Gasteiger partial charge in [-0.25, -0.2) is 4.98 Å². The lowest BCUT2D eigenvalue weighted by Crippen LogP contribution is -2.27. The Bertz CT molecular complexity index is 1070. The van der Waals surface area contributed by atoms with Crippen molar-refractivity contribution in [3.8, 4) is 11.3 Å². The summed E-state index contributed by atoms with van der Waals surface area (Å²) in [5.74, 6) is -0.357. The van der Waals surface area contributed by atoms with E-state index in [1.54, 1.807) is 6.07 Å². The summed E-state index contributed by atoms with van der Waals surface area (Å²) in [6.07, 6.45) is 2.56. The van der Waals surface area contributed by atoms with Gasteiger partial charge in [-0.1, -0.05) is 36.4 Å². The predicted molar refractivity (Wildman–Crippen MR) is 98.4 cm³/mol. The molecule has 4 aromatic rings. The number of amides is 1. The molecule has 0 aliphatic heterocycles. The molecule has 0 aliphatic carbocycles. The van der Waals surface area contributed by atoms with Crippen LogP contribution in [0.4, 0.5) is 5.13 Å². The van der Waals surface area contributed by atoms with Gasteiger partial charge >= 0.3 is 0 Å². The summed E-state index contributed by atoms with van der Waals surface area (Å²) >= 11 is 1.35. The molecule has 1 N–H and O–H groups in total. The molecule has 2 heterocycles. The zero-order chi connectivity index (χ0) is 17.2. The first-order valence-electron chi connectivity index (χ1n) is 7.64. The van der Waals surface area contributed by atoms with Crippen LogP contribution in [0.2, 0.25) is 0 Å². The van der Waals surface area contributed by atoms with Crippen LogP contribution in [-0.4, -0.2) is 10.9 Å². The third kappa shape index (κ3) is 3.20. The van der Waals surface area contributed by atoms with Gasteiger partial charge in [0.2, 0.25) is 0 Å². The zero-order valence-corrected chi connectivity index (χ0v) is 13.9. The van der Waals surface area contributed by atoms with Crippen LogP contribution in [0, 0.1) is 5.21 Å². The number of rotatable bonds is 3. The summed E-state index contributed by atoms with van der Waals surface area (Å²) in [5, 5.41) is 18.7. The number of thiazole rings is 1. The number of anilines is 1. The van der Waals surface area contributed by atoms with E-state index in [1.807, 2.05) is 23.6 Å². The molecule has 0 saturated heterocycles. The number of nitrogens with one attached hydrogen (secondary N) is 1. The molecule has 0 bridgehead atoms. The minimum absolute atomic E-state index is 0.292. The first-order valence-corrected chi connectivity index (χ1v) is 8.52. The number of hydrogen-bond donors (Lipinski definition) is 1. The number of nitrogens with zero attached hydrogens (tertiary/aromatic N) is 2. The van der Waals surface area contributed by atoms with Gasteiger partial charge in [0.1, 0.15) is 5.56 Å². The predicted octanol–water partition coefficient (Wildman–Crippen LogP) is 3.85. The maximum absolute atomic E-state index is 12.2. The Morgan fingerprint density at radius 1 is 1.08 bits per heavy atom. The normalized spacial score (nSPS) is 10.7. The summed E-state index contributed by atoms with van der Waals surface area (Å²) in [5.41, 5.74) is 2.09. The standard InChI is InChI=1S/C19H13N3O2S/c23-18(16-6-3-9-22(24)11-16)21-19-20-17(12-25-19)15-8-7-13-4-1-2-5-14(13)10-15/h1-12H,(H,20,21,23). The number of hydrogen-bond acceptors (Lipinski definition) is 4. The van der Waals surface area contributed by atoms with Crippen LogP contribution in [0.1, 0.15) is 10.4 Å². The molecule has 0 saturated carbocycles. The second-order valence-corrected chi connectivity index (χ2v) is 6.36. The second kappa shape index (κ2) is 6.33. The van der Waals surface area contributed by atoms with E-state index in [1.165, 1.54) is 35.2 Å². The Kier molecular flexibility index (Phi) is 3.87. The van der Waals surface area contributed by atoms with Crippen molar-refractivity contribution in [2.75, 3.05) is 5.32 Å². The average molecular weight is 347 g/mol. The molecule has 0 spiro atoms. The van der Waals surface area contributed by atoms with Crippen molar-refractivity contribution in [3.63, 3.8) is 0 Å². The highest BCUT2D eigenvalue weighted by molar-refractivity contribution is 7.14.